The Morgan fingerprint density at radius 2 is 2.23 bits per heavy atom. The maximum absolute atomic E-state index is 5.72. The lowest BCUT2D eigenvalue weighted by Gasteiger charge is -2.37. The summed E-state index contributed by atoms with van der Waals surface area (Å²) in [5.74, 6) is 2.44. The van der Waals surface area contributed by atoms with Crippen LogP contribution >= 0.6 is 35.3 Å². The normalized spacial score (nSPS) is 18.8. The molecule has 2 unspecified atom stereocenters. The number of nitrogens with one attached hydrogen (secondary N) is 2. The summed E-state index contributed by atoms with van der Waals surface area (Å²) in [5, 5.41) is 13.0. The number of ether oxygens (including phenoxy) is 1. The van der Waals surface area contributed by atoms with Crippen molar-refractivity contribution in [3.05, 3.63) is 34.1 Å². The number of guanidine groups is 1. The van der Waals surface area contributed by atoms with Gasteiger partial charge in [-0.05, 0) is 18.4 Å². The van der Waals surface area contributed by atoms with Crippen molar-refractivity contribution in [3.8, 4) is 0 Å². The van der Waals surface area contributed by atoms with Gasteiger partial charge in [0.25, 0.3) is 0 Å². The first-order chi connectivity index (χ1) is 14.1. The van der Waals surface area contributed by atoms with Gasteiger partial charge in [0, 0.05) is 50.4 Å². The first kappa shape index (κ1) is 25.0. The number of aromatic nitrogens is 2. The Labute approximate surface area is 199 Å². The second-order valence-corrected chi connectivity index (χ2v) is 8.52. The molecule has 1 aliphatic heterocycles. The summed E-state index contributed by atoms with van der Waals surface area (Å²) in [7, 11) is 1.79. The second-order valence-electron chi connectivity index (χ2n) is 7.54. The Balaban J connectivity index is 0.00000320. The highest BCUT2D eigenvalue weighted by molar-refractivity contribution is 14.0. The molecule has 2 aromatic rings. The van der Waals surface area contributed by atoms with Crippen molar-refractivity contribution in [1.29, 1.82) is 0 Å². The topological polar surface area (TPSA) is 87.8 Å². The molecule has 0 spiro atoms. The number of morpholine rings is 1. The molecule has 1 saturated heterocycles. The molecule has 10 heteroatoms. The SMILES string of the molecule is CN=C(NCCc1nc(C(C)C)no1)NCC(c1cccs1)N1CCOC(C)C1.I. The molecule has 168 valence electrons. The highest BCUT2D eigenvalue weighted by Crippen LogP contribution is 2.26. The van der Waals surface area contributed by atoms with Gasteiger partial charge in [-0.3, -0.25) is 9.89 Å². The van der Waals surface area contributed by atoms with Crippen LogP contribution in [0.4, 0.5) is 0 Å². The third kappa shape index (κ3) is 7.17. The Morgan fingerprint density at radius 3 is 2.87 bits per heavy atom. The van der Waals surface area contributed by atoms with Crippen molar-refractivity contribution in [1.82, 2.24) is 25.7 Å². The molecule has 3 heterocycles. The van der Waals surface area contributed by atoms with Gasteiger partial charge in [-0.2, -0.15) is 4.98 Å². The lowest BCUT2D eigenvalue weighted by atomic mass is 10.1. The highest BCUT2D eigenvalue weighted by Gasteiger charge is 2.26. The fraction of sp³-hybridized carbons (Fsp3) is 0.650. The first-order valence-corrected chi connectivity index (χ1v) is 11.1. The van der Waals surface area contributed by atoms with E-state index in [4.69, 9.17) is 9.26 Å². The molecule has 1 aliphatic rings. The van der Waals surface area contributed by atoms with Gasteiger partial charge in [-0.25, -0.2) is 0 Å². The Morgan fingerprint density at radius 1 is 1.40 bits per heavy atom. The third-order valence-electron chi connectivity index (χ3n) is 4.90. The molecule has 8 nitrogen and oxygen atoms in total. The fourth-order valence-corrected chi connectivity index (χ4v) is 4.19. The number of rotatable bonds is 8. The smallest absolute Gasteiger partial charge is 0.228 e. The van der Waals surface area contributed by atoms with E-state index in [0.29, 0.717) is 24.9 Å². The van der Waals surface area contributed by atoms with Gasteiger partial charge in [0.15, 0.2) is 11.8 Å². The average Bonchev–Trinajstić information content (AvgIpc) is 3.39. The van der Waals surface area contributed by atoms with Crippen LogP contribution in [0, 0.1) is 0 Å². The van der Waals surface area contributed by atoms with Crippen LogP contribution in [0.2, 0.25) is 0 Å². The molecule has 0 radical (unpaired) electrons. The van der Waals surface area contributed by atoms with Crippen LogP contribution in [0.3, 0.4) is 0 Å². The molecule has 2 atom stereocenters. The summed E-state index contributed by atoms with van der Waals surface area (Å²) in [6.07, 6.45) is 0.921. The molecule has 0 bridgehead atoms. The maximum atomic E-state index is 5.72. The summed E-state index contributed by atoms with van der Waals surface area (Å²) in [5.41, 5.74) is 0. The second kappa shape index (κ2) is 12.6. The number of hydrogen-bond acceptors (Lipinski definition) is 7. The van der Waals surface area contributed by atoms with Gasteiger partial charge in [-0.1, -0.05) is 25.1 Å². The van der Waals surface area contributed by atoms with Crippen LogP contribution in [-0.2, 0) is 11.2 Å². The molecule has 2 aromatic heterocycles. The Kier molecular flexibility index (Phi) is 10.5. The summed E-state index contributed by atoms with van der Waals surface area (Å²) in [6, 6.07) is 4.61. The van der Waals surface area contributed by atoms with Gasteiger partial charge in [0.05, 0.1) is 18.8 Å². The van der Waals surface area contributed by atoms with Gasteiger partial charge in [0.1, 0.15) is 0 Å². The van der Waals surface area contributed by atoms with Crippen LogP contribution in [0.15, 0.2) is 27.0 Å². The molecular weight excluding hydrogens is 515 g/mol. The zero-order valence-corrected chi connectivity index (χ0v) is 21.3. The molecule has 2 N–H and O–H groups in total. The van der Waals surface area contributed by atoms with Gasteiger partial charge < -0.3 is 19.9 Å². The summed E-state index contributed by atoms with van der Waals surface area (Å²) < 4.78 is 11.0. The van der Waals surface area contributed by atoms with Crippen molar-refractivity contribution in [2.24, 2.45) is 4.99 Å². The van der Waals surface area contributed by atoms with Gasteiger partial charge in [-0.15, -0.1) is 35.3 Å². The van der Waals surface area contributed by atoms with Crippen molar-refractivity contribution in [2.45, 2.75) is 45.3 Å². The summed E-state index contributed by atoms with van der Waals surface area (Å²) in [4.78, 5) is 12.6. The Bertz CT molecular complexity index is 767. The van der Waals surface area contributed by atoms with Crippen molar-refractivity contribution in [2.75, 3.05) is 39.8 Å². The van der Waals surface area contributed by atoms with Crippen molar-refractivity contribution < 1.29 is 9.26 Å². The van der Waals surface area contributed by atoms with Crippen LogP contribution in [0.1, 0.15) is 49.3 Å². The molecule has 0 aliphatic carbocycles. The van der Waals surface area contributed by atoms with Crippen LogP contribution in [0.5, 0.6) is 0 Å². The lowest BCUT2D eigenvalue weighted by molar-refractivity contribution is -0.0334. The molecular formula is C20H33IN6O2S. The molecule has 3 rings (SSSR count). The lowest BCUT2D eigenvalue weighted by Crippen LogP contribution is -2.48. The van der Waals surface area contributed by atoms with E-state index in [9.17, 15) is 0 Å². The Hall–Kier alpha value is -1.24. The van der Waals surface area contributed by atoms with E-state index in [1.54, 1.807) is 18.4 Å². The minimum atomic E-state index is 0. The average molecular weight is 548 g/mol. The van der Waals surface area contributed by atoms with E-state index in [2.05, 4.69) is 69.0 Å². The van der Waals surface area contributed by atoms with E-state index < -0.39 is 0 Å². The molecule has 30 heavy (non-hydrogen) atoms. The van der Waals surface area contributed by atoms with E-state index in [1.807, 2.05) is 0 Å². The minimum absolute atomic E-state index is 0. The molecule has 0 amide bonds. The number of aliphatic imine (C=N–C) groups is 1. The van der Waals surface area contributed by atoms with Gasteiger partial charge >= 0.3 is 0 Å². The largest absolute Gasteiger partial charge is 0.376 e. The number of thiophene rings is 1. The molecule has 0 aromatic carbocycles. The molecule has 1 fully saturated rings. The monoisotopic (exact) mass is 548 g/mol. The standard InChI is InChI=1S/C20H32N6O2S.HI/c1-14(2)19-24-18(28-25-19)7-8-22-20(21-4)23-12-16(17-6-5-11-29-17)26-9-10-27-15(3)13-26;/h5-6,11,14-16H,7-10,12-13H2,1-4H3,(H2,21,22,23);1H. The van der Waals surface area contributed by atoms with Gasteiger partial charge in [0.2, 0.25) is 5.89 Å². The van der Waals surface area contributed by atoms with Crippen LogP contribution in [0.25, 0.3) is 0 Å². The van der Waals surface area contributed by atoms with Crippen LogP contribution < -0.4 is 10.6 Å². The summed E-state index contributed by atoms with van der Waals surface area (Å²) in [6.45, 7) is 10.4. The number of halogens is 1. The van der Waals surface area contributed by atoms with Crippen molar-refractivity contribution in [3.63, 3.8) is 0 Å². The minimum Gasteiger partial charge on any atom is -0.376 e. The van der Waals surface area contributed by atoms with E-state index in [1.165, 1.54) is 4.88 Å². The van der Waals surface area contributed by atoms with E-state index in [0.717, 1.165) is 38.0 Å². The van der Waals surface area contributed by atoms with Crippen molar-refractivity contribution >= 4 is 41.3 Å². The maximum Gasteiger partial charge on any atom is 0.228 e. The zero-order valence-electron chi connectivity index (χ0n) is 18.1. The zero-order chi connectivity index (χ0) is 20.6. The number of hydrogen-bond donors (Lipinski definition) is 2. The molecule has 0 saturated carbocycles. The number of nitrogens with zero attached hydrogens (tertiary/aromatic N) is 4. The first-order valence-electron chi connectivity index (χ1n) is 10.2. The third-order valence-corrected chi connectivity index (χ3v) is 5.88. The fourth-order valence-electron chi connectivity index (χ4n) is 3.32. The highest BCUT2D eigenvalue weighted by atomic mass is 127. The van der Waals surface area contributed by atoms with E-state index in [-0.39, 0.29) is 36.0 Å². The predicted molar refractivity (Wildman–Crippen MR) is 131 cm³/mol. The predicted octanol–water partition coefficient (Wildman–Crippen LogP) is 3.04. The summed E-state index contributed by atoms with van der Waals surface area (Å²) >= 11 is 1.79. The van der Waals surface area contributed by atoms with E-state index >= 15 is 0 Å². The van der Waals surface area contributed by atoms with Crippen LogP contribution in [-0.4, -0.2) is 66.9 Å². The quantitative estimate of drug-likeness (QED) is 0.298.